The Balaban J connectivity index is 3.92. The third-order valence-corrected chi connectivity index (χ3v) is 1.70. The molecular weight excluding hydrogens is 218 g/mol. The summed E-state index contributed by atoms with van der Waals surface area (Å²) in [5.74, 6) is 0. The molecular formula is C9H18BrNO. The van der Waals surface area contributed by atoms with Gasteiger partial charge in [-0.25, -0.2) is 0 Å². The van der Waals surface area contributed by atoms with E-state index in [0.717, 1.165) is 17.6 Å². The number of nitrogens with zero attached hydrogens (tertiary/aromatic N) is 1. The predicted octanol–water partition coefficient (Wildman–Crippen LogP) is 1.99. The Morgan fingerprint density at radius 2 is 2.08 bits per heavy atom. The molecule has 0 radical (unpaired) electrons. The maximum Gasteiger partial charge on any atom is 0.0718 e. The molecule has 12 heavy (non-hydrogen) atoms. The fraction of sp³-hybridized carbons (Fsp3) is 0.778. The lowest BCUT2D eigenvalue weighted by Gasteiger charge is -2.27. The molecule has 2 nitrogen and oxygen atoms in total. The van der Waals surface area contributed by atoms with Crippen molar-refractivity contribution in [2.24, 2.45) is 0 Å². The van der Waals surface area contributed by atoms with E-state index in [4.69, 9.17) is 0 Å². The lowest BCUT2D eigenvalue weighted by molar-refractivity contribution is 0.0415. The summed E-state index contributed by atoms with van der Waals surface area (Å²) in [6.07, 6.45) is 0. The number of hydrogen-bond donors (Lipinski definition) is 1. The molecule has 0 aromatic rings. The van der Waals surface area contributed by atoms with Crippen molar-refractivity contribution in [1.82, 2.24) is 4.90 Å². The number of likely N-dealkylation sites (N-methyl/N-ethyl adjacent to an activating group) is 1. The van der Waals surface area contributed by atoms with Crippen molar-refractivity contribution >= 4 is 15.9 Å². The number of hydrogen-bond acceptors (Lipinski definition) is 2. The van der Waals surface area contributed by atoms with Crippen molar-refractivity contribution in [3.8, 4) is 0 Å². The van der Waals surface area contributed by atoms with E-state index in [0.29, 0.717) is 6.54 Å². The quantitative estimate of drug-likeness (QED) is 0.789. The molecule has 72 valence electrons. The molecule has 0 amide bonds. The van der Waals surface area contributed by atoms with Crippen LogP contribution >= 0.6 is 15.9 Å². The Kier molecular flexibility index (Phi) is 5.06. The van der Waals surface area contributed by atoms with Gasteiger partial charge in [0.2, 0.25) is 0 Å². The molecule has 0 saturated carbocycles. The zero-order valence-electron chi connectivity index (χ0n) is 8.10. The van der Waals surface area contributed by atoms with Crippen molar-refractivity contribution in [3.63, 3.8) is 0 Å². The average Bonchev–Trinajstić information content (AvgIpc) is 1.82. The summed E-state index contributed by atoms with van der Waals surface area (Å²) < 4.78 is 0.952. The van der Waals surface area contributed by atoms with Gasteiger partial charge in [-0.15, -0.1) is 0 Å². The van der Waals surface area contributed by atoms with E-state index in [-0.39, 0.29) is 0 Å². The van der Waals surface area contributed by atoms with Gasteiger partial charge < -0.3 is 5.11 Å². The maximum atomic E-state index is 9.55. The molecule has 0 unspecified atom stereocenters. The van der Waals surface area contributed by atoms with E-state index in [1.54, 1.807) is 0 Å². The highest BCUT2D eigenvalue weighted by Gasteiger charge is 2.16. The van der Waals surface area contributed by atoms with Gasteiger partial charge in [-0.05, 0) is 20.4 Å². The van der Waals surface area contributed by atoms with Crippen LogP contribution in [0.3, 0.4) is 0 Å². The van der Waals surface area contributed by atoms with E-state index in [1.165, 1.54) is 0 Å². The average molecular weight is 236 g/mol. The van der Waals surface area contributed by atoms with Crippen molar-refractivity contribution in [2.75, 3.05) is 19.6 Å². The predicted molar refractivity (Wildman–Crippen MR) is 56.5 cm³/mol. The summed E-state index contributed by atoms with van der Waals surface area (Å²) in [4.78, 5) is 2.14. The monoisotopic (exact) mass is 235 g/mol. The molecule has 0 aromatic heterocycles. The van der Waals surface area contributed by atoms with Crippen LogP contribution in [0, 0.1) is 0 Å². The van der Waals surface area contributed by atoms with E-state index >= 15 is 0 Å². The van der Waals surface area contributed by atoms with Crippen LogP contribution in [0.15, 0.2) is 11.1 Å². The molecule has 0 bridgehead atoms. The summed E-state index contributed by atoms with van der Waals surface area (Å²) >= 11 is 3.31. The summed E-state index contributed by atoms with van der Waals surface area (Å²) in [6.45, 7) is 11.9. The summed E-state index contributed by atoms with van der Waals surface area (Å²) in [5, 5.41) is 9.55. The minimum atomic E-state index is -0.627. The van der Waals surface area contributed by atoms with Crippen LogP contribution in [0.1, 0.15) is 20.8 Å². The minimum absolute atomic E-state index is 0.627. The van der Waals surface area contributed by atoms with Gasteiger partial charge in [0.15, 0.2) is 0 Å². The molecule has 0 aliphatic heterocycles. The second-order valence-electron chi connectivity index (χ2n) is 3.63. The SMILES string of the molecule is C=C(Br)CN(CC)CC(C)(C)O. The minimum Gasteiger partial charge on any atom is -0.389 e. The first-order valence-electron chi connectivity index (χ1n) is 4.13. The Hall–Kier alpha value is 0.140. The van der Waals surface area contributed by atoms with E-state index in [2.05, 4.69) is 34.3 Å². The van der Waals surface area contributed by atoms with Crippen molar-refractivity contribution in [2.45, 2.75) is 26.4 Å². The first kappa shape index (κ1) is 12.1. The van der Waals surface area contributed by atoms with E-state index < -0.39 is 5.60 Å². The molecule has 0 fully saturated rings. The van der Waals surface area contributed by atoms with E-state index in [9.17, 15) is 5.11 Å². The zero-order valence-corrected chi connectivity index (χ0v) is 9.69. The van der Waals surface area contributed by atoms with Crippen LogP contribution in [-0.2, 0) is 0 Å². The van der Waals surface area contributed by atoms with Crippen LogP contribution in [0.4, 0.5) is 0 Å². The molecule has 0 saturated heterocycles. The van der Waals surface area contributed by atoms with Gasteiger partial charge in [-0.1, -0.05) is 29.4 Å². The Morgan fingerprint density at radius 1 is 1.58 bits per heavy atom. The molecule has 3 heteroatoms. The smallest absolute Gasteiger partial charge is 0.0718 e. The summed E-state index contributed by atoms with van der Waals surface area (Å²) in [5.41, 5.74) is -0.627. The lowest BCUT2D eigenvalue weighted by Crippen LogP contribution is -2.39. The lowest BCUT2D eigenvalue weighted by atomic mass is 10.1. The van der Waals surface area contributed by atoms with E-state index in [1.807, 2.05) is 13.8 Å². The Bertz CT molecular complexity index is 151. The third-order valence-electron chi connectivity index (χ3n) is 1.45. The summed E-state index contributed by atoms with van der Waals surface area (Å²) in [6, 6.07) is 0. The van der Waals surface area contributed by atoms with Gasteiger partial charge in [0.25, 0.3) is 0 Å². The number of aliphatic hydroxyl groups is 1. The largest absolute Gasteiger partial charge is 0.389 e. The molecule has 0 heterocycles. The maximum absolute atomic E-state index is 9.55. The fourth-order valence-electron chi connectivity index (χ4n) is 1.07. The Morgan fingerprint density at radius 3 is 2.33 bits per heavy atom. The fourth-order valence-corrected chi connectivity index (χ4v) is 1.42. The Labute approximate surface area is 83.4 Å². The number of rotatable bonds is 5. The molecule has 0 spiro atoms. The standard InChI is InChI=1S/C9H18BrNO/c1-5-11(6-8(2)10)7-9(3,4)12/h12H,2,5-7H2,1,3-4H3. The molecule has 0 aromatic carbocycles. The van der Waals surface area contributed by atoms with Crippen LogP contribution in [0.2, 0.25) is 0 Å². The molecule has 0 rings (SSSR count). The first-order chi connectivity index (χ1) is 5.35. The van der Waals surface area contributed by atoms with Crippen molar-refractivity contribution in [1.29, 1.82) is 0 Å². The second kappa shape index (κ2) is 5.00. The highest BCUT2D eigenvalue weighted by atomic mass is 79.9. The van der Waals surface area contributed by atoms with Crippen LogP contribution in [0.5, 0.6) is 0 Å². The van der Waals surface area contributed by atoms with Gasteiger partial charge in [0.1, 0.15) is 0 Å². The first-order valence-corrected chi connectivity index (χ1v) is 4.92. The van der Waals surface area contributed by atoms with Crippen LogP contribution in [0.25, 0.3) is 0 Å². The normalized spacial score (nSPS) is 12.2. The third kappa shape index (κ3) is 6.83. The zero-order chi connectivity index (χ0) is 9.78. The molecule has 0 aliphatic carbocycles. The highest BCUT2D eigenvalue weighted by molar-refractivity contribution is 9.11. The van der Waals surface area contributed by atoms with Gasteiger partial charge in [-0.3, -0.25) is 4.90 Å². The molecule has 0 atom stereocenters. The molecule has 1 N–H and O–H groups in total. The number of halogens is 1. The second-order valence-corrected chi connectivity index (χ2v) is 4.75. The topological polar surface area (TPSA) is 23.5 Å². The van der Waals surface area contributed by atoms with Crippen LogP contribution < -0.4 is 0 Å². The van der Waals surface area contributed by atoms with Gasteiger partial charge in [-0.2, -0.15) is 0 Å². The van der Waals surface area contributed by atoms with Crippen molar-refractivity contribution < 1.29 is 5.11 Å². The van der Waals surface area contributed by atoms with Crippen LogP contribution in [-0.4, -0.2) is 35.2 Å². The van der Waals surface area contributed by atoms with Gasteiger partial charge in [0.05, 0.1) is 5.60 Å². The highest BCUT2D eigenvalue weighted by Crippen LogP contribution is 2.09. The summed E-state index contributed by atoms with van der Waals surface area (Å²) in [7, 11) is 0. The van der Waals surface area contributed by atoms with Gasteiger partial charge >= 0.3 is 0 Å². The van der Waals surface area contributed by atoms with Gasteiger partial charge in [0, 0.05) is 17.6 Å². The van der Waals surface area contributed by atoms with Crippen molar-refractivity contribution in [3.05, 3.63) is 11.1 Å². The molecule has 0 aliphatic rings.